The lowest BCUT2D eigenvalue weighted by Gasteiger charge is -2.21. The van der Waals surface area contributed by atoms with Crippen molar-refractivity contribution in [1.29, 1.82) is 0 Å². The van der Waals surface area contributed by atoms with Gasteiger partial charge >= 0.3 is 0 Å². The Labute approximate surface area is 67.0 Å². The molecule has 0 radical (unpaired) electrons. The molecule has 1 aliphatic rings. The van der Waals surface area contributed by atoms with Crippen molar-refractivity contribution in [2.24, 2.45) is 0 Å². The van der Waals surface area contributed by atoms with Crippen LogP contribution in [0.2, 0.25) is 0 Å². The van der Waals surface area contributed by atoms with Gasteiger partial charge in [0.2, 0.25) is 0 Å². The topological polar surface area (TPSA) is 24.5 Å². The van der Waals surface area contributed by atoms with E-state index >= 15 is 0 Å². The molecule has 52 valence electrons. The van der Waals surface area contributed by atoms with Gasteiger partial charge < -0.3 is 4.84 Å². The standard InChI is InChI=1S/C3H3Cl3N2O/c4-3(5,6)8-1-2-9-7-8/h1-2,7H. The van der Waals surface area contributed by atoms with Gasteiger partial charge in [-0.05, 0) is 0 Å². The highest BCUT2D eigenvalue weighted by atomic mass is 35.6. The fourth-order valence-electron chi connectivity index (χ4n) is 0.345. The van der Waals surface area contributed by atoms with Crippen LogP contribution in [0, 0.1) is 0 Å². The molecule has 0 aromatic carbocycles. The summed E-state index contributed by atoms with van der Waals surface area (Å²) in [6, 6.07) is 0. The van der Waals surface area contributed by atoms with Crippen molar-refractivity contribution in [2.45, 2.75) is 3.92 Å². The first-order chi connectivity index (χ1) is 4.11. The molecule has 0 amide bonds. The van der Waals surface area contributed by atoms with Gasteiger partial charge in [-0.2, -0.15) is 0 Å². The lowest BCUT2D eigenvalue weighted by atomic mass is 10.9. The minimum absolute atomic E-state index is 1.19. The van der Waals surface area contributed by atoms with Crippen molar-refractivity contribution >= 4 is 34.8 Å². The molecular weight excluding hydrogens is 186 g/mol. The number of hydrazine groups is 1. The van der Waals surface area contributed by atoms with Gasteiger partial charge in [-0.25, -0.2) is 5.01 Å². The molecule has 1 aliphatic heterocycles. The van der Waals surface area contributed by atoms with Crippen LogP contribution >= 0.6 is 34.8 Å². The van der Waals surface area contributed by atoms with Crippen molar-refractivity contribution in [1.82, 2.24) is 10.6 Å². The molecule has 0 saturated carbocycles. The summed E-state index contributed by atoms with van der Waals surface area (Å²) in [5, 5.41) is 1.19. The minimum Gasteiger partial charge on any atom is -0.395 e. The first-order valence-electron chi connectivity index (χ1n) is 2.05. The molecule has 0 aromatic heterocycles. The average Bonchev–Trinajstić information content (AvgIpc) is 2.08. The molecule has 6 heteroatoms. The maximum Gasteiger partial charge on any atom is 0.283 e. The van der Waals surface area contributed by atoms with Crippen molar-refractivity contribution in [2.75, 3.05) is 0 Å². The van der Waals surface area contributed by atoms with Gasteiger partial charge in [0, 0.05) is 0 Å². The van der Waals surface area contributed by atoms with E-state index in [1.807, 2.05) is 0 Å². The van der Waals surface area contributed by atoms with Crippen LogP contribution in [0.1, 0.15) is 0 Å². The van der Waals surface area contributed by atoms with E-state index < -0.39 is 3.92 Å². The molecule has 0 spiro atoms. The molecule has 1 heterocycles. The summed E-state index contributed by atoms with van der Waals surface area (Å²) in [6.07, 6.45) is 2.83. The van der Waals surface area contributed by atoms with Crippen LogP contribution in [0.25, 0.3) is 0 Å². The Bertz CT molecular complexity index is 132. The summed E-state index contributed by atoms with van der Waals surface area (Å²) < 4.78 is -1.49. The molecule has 0 aliphatic carbocycles. The zero-order valence-electron chi connectivity index (χ0n) is 4.14. The van der Waals surface area contributed by atoms with Gasteiger partial charge in [0.15, 0.2) is 0 Å². The second-order valence-corrected chi connectivity index (χ2v) is 3.55. The number of nitrogens with one attached hydrogen (secondary N) is 1. The van der Waals surface area contributed by atoms with E-state index in [0.29, 0.717) is 0 Å². The number of nitrogens with zero attached hydrogens (tertiary/aromatic N) is 1. The summed E-state index contributed by atoms with van der Waals surface area (Å²) in [7, 11) is 0. The fraction of sp³-hybridized carbons (Fsp3) is 0.333. The SMILES string of the molecule is ClC(Cl)(Cl)N1C=CON1. The first kappa shape index (κ1) is 7.28. The van der Waals surface area contributed by atoms with Gasteiger partial charge in [0.1, 0.15) is 6.26 Å². The number of rotatable bonds is 0. The zero-order valence-corrected chi connectivity index (χ0v) is 6.41. The molecule has 0 atom stereocenters. The van der Waals surface area contributed by atoms with Crippen LogP contribution in [0.4, 0.5) is 0 Å². The molecule has 0 bridgehead atoms. The van der Waals surface area contributed by atoms with Crippen LogP contribution < -0.4 is 5.59 Å². The molecule has 1 N–H and O–H groups in total. The van der Waals surface area contributed by atoms with E-state index in [1.165, 1.54) is 17.5 Å². The van der Waals surface area contributed by atoms with Crippen LogP contribution in [0.5, 0.6) is 0 Å². The number of hydrogen-bond donors (Lipinski definition) is 1. The summed E-state index contributed by atoms with van der Waals surface area (Å²) in [5.74, 6) is 0. The Morgan fingerprint density at radius 2 is 2.11 bits per heavy atom. The average molecular weight is 189 g/mol. The van der Waals surface area contributed by atoms with E-state index in [4.69, 9.17) is 34.8 Å². The van der Waals surface area contributed by atoms with Crippen molar-refractivity contribution in [3.63, 3.8) is 0 Å². The Morgan fingerprint density at radius 1 is 1.44 bits per heavy atom. The molecule has 1 rings (SSSR count). The Hall–Kier alpha value is 0.170. The number of hydrogen-bond acceptors (Lipinski definition) is 3. The van der Waals surface area contributed by atoms with E-state index in [-0.39, 0.29) is 0 Å². The highest BCUT2D eigenvalue weighted by Gasteiger charge is 2.29. The summed E-state index contributed by atoms with van der Waals surface area (Å²) >= 11 is 16.2. The van der Waals surface area contributed by atoms with E-state index in [1.54, 1.807) is 0 Å². The fourth-order valence-corrected chi connectivity index (χ4v) is 0.618. The van der Waals surface area contributed by atoms with E-state index in [9.17, 15) is 0 Å². The normalized spacial score (nSPS) is 18.3. The zero-order chi connectivity index (χ0) is 6.91. The second kappa shape index (κ2) is 2.42. The monoisotopic (exact) mass is 188 g/mol. The number of alkyl halides is 3. The predicted molar refractivity (Wildman–Crippen MR) is 35.5 cm³/mol. The van der Waals surface area contributed by atoms with E-state index in [2.05, 4.69) is 10.4 Å². The van der Waals surface area contributed by atoms with Crippen LogP contribution in [0.15, 0.2) is 12.5 Å². The quantitative estimate of drug-likeness (QED) is 0.462. The third kappa shape index (κ3) is 1.79. The molecule has 0 aromatic rings. The van der Waals surface area contributed by atoms with Gasteiger partial charge in [-0.3, -0.25) is 0 Å². The third-order valence-electron chi connectivity index (χ3n) is 0.702. The van der Waals surface area contributed by atoms with Gasteiger partial charge in [0.25, 0.3) is 3.92 Å². The predicted octanol–water partition coefficient (Wildman–Crippen LogP) is 1.54. The number of halogens is 3. The smallest absolute Gasteiger partial charge is 0.283 e. The lowest BCUT2D eigenvalue weighted by molar-refractivity contribution is 0.0340. The Kier molecular flexibility index (Phi) is 1.96. The van der Waals surface area contributed by atoms with Gasteiger partial charge in [-0.1, -0.05) is 40.4 Å². The molecule has 0 unspecified atom stereocenters. The van der Waals surface area contributed by atoms with Crippen LogP contribution in [-0.2, 0) is 4.84 Å². The first-order valence-corrected chi connectivity index (χ1v) is 3.18. The van der Waals surface area contributed by atoms with E-state index in [0.717, 1.165) is 0 Å². The highest BCUT2D eigenvalue weighted by molar-refractivity contribution is 6.67. The maximum absolute atomic E-state index is 5.40. The molecule has 0 saturated heterocycles. The molecule has 9 heavy (non-hydrogen) atoms. The second-order valence-electron chi connectivity index (χ2n) is 1.33. The Balaban J connectivity index is 2.53. The Morgan fingerprint density at radius 3 is 2.33 bits per heavy atom. The van der Waals surface area contributed by atoms with Crippen molar-refractivity contribution in [3.05, 3.63) is 12.5 Å². The lowest BCUT2D eigenvalue weighted by Crippen LogP contribution is -2.37. The van der Waals surface area contributed by atoms with Crippen LogP contribution in [0.3, 0.4) is 0 Å². The summed E-state index contributed by atoms with van der Waals surface area (Å²) in [5.41, 5.74) is 2.32. The van der Waals surface area contributed by atoms with Gasteiger partial charge in [-0.15, -0.1) is 0 Å². The maximum atomic E-state index is 5.40. The minimum atomic E-state index is -1.49. The summed E-state index contributed by atoms with van der Waals surface area (Å²) in [6.45, 7) is 0. The molecule has 3 nitrogen and oxygen atoms in total. The van der Waals surface area contributed by atoms with Gasteiger partial charge in [0.05, 0.1) is 6.20 Å². The highest BCUT2D eigenvalue weighted by Crippen LogP contribution is 2.30. The summed E-state index contributed by atoms with van der Waals surface area (Å²) in [4.78, 5) is 4.53. The van der Waals surface area contributed by atoms with Crippen molar-refractivity contribution < 1.29 is 4.84 Å². The molecular formula is C3H3Cl3N2O. The molecule has 0 fully saturated rings. The van der Waals surface area contributed by atoms with Crippen molar-refractivity contribution in [3.8, 4) is 0 Å². The largest absolute Gasteiger partial charge is 0.395 e. The van der Waals surface area contributed by atoms with Crippen LogP contribution in [-0.4, -0.2) is 8.93 Å². The third-order valence-corrected chi connectivity index (χ3v) is 1.25.